The number of likely N-dealkylation sites (tertiary alicyclic amines) is 1. The van der Waals surface area contributed by atoms with Crippen LogP contribution in [-0.2, 0) is 10.3 Å². The van der Waals surface area contributed by atoms with Gasteiger partial charge in [-0.1, -0.05) is 25.9 Å². The van der Waals surface area contributed by atoms with Crippen LogP contribution in [0.2, 0.25) is 0 Å². The van der Waals surface area contributed by atoms with E-state index in [1.54, 1.807) is 0 Å². The number of carbonyl (C=O) groups is 1. The molecule has 1 saturated heterocycles. The zero-order valence-corrected chi connectivity index (χ0v) is 13.8. The van der Waals surface area contributed by atoms with E-state index in [-0.39, 0.29) is 17.4 Å². The van der Waals surface area contributed by atoms with Crippen molar-refractivity contribution < 1.29 is 9.32 Å². The van der Waals surface area contributed by atoms with E-state index in [1.807, 2.05) is 4.90 Å². The van der Waals surface area contributed by atoms with Crippen molar-refractivity contribution in [3.8, 4) is 0 Å². The van der Waals surface area contributed by atoms with Crippen molar-refractivity contribution in [1.29, 1.82) is 0 Å². The highest BCUT2D eigenvalue weighted by Gasteiger charge is 2.41. The number of hydrogen-bond donors (Lipinski definition) is 1. The highest BCUT2D eigenvalue weighted by atomic mass is 16.5. The van der Waals surface area contributed by atoms with E-state index in [0.717, 1.165) is 38.6 Å². The molecule has 1 atom stereocenters. The average molecular weight is 306 g/mol. The minimum Gasteiger partial charge on any atom is -0.337 e. The summed E-state index contributed by atoms with van der Waals surface area (Å²) in [5, 5.41) is 4.07. The predicted octanol–water partition coefficient (Wildman–Crippen LogP) is 2.51. The molecule has 1 aromatic heterocycles. The van der Waals surface area contributed by atoms with Crippen LogP contribution in [0.4, 0.5) is 0 Å². The van der Waals surface area contributed by atoms with Gasteiger partial charge in [0.1, 0.15) is 6.04 Å². The molecule has 2 heterocycles. The Labute approximate surface area is 131 Å². The van der Waals surface area contributed by atoms with Gasteiger partial charge in [0.25, 0.3) is 0 Å². The minimum atomic E-state index is -0.416. The molecule has 6 nitrogen and oxygen atoms in total. The summed E-state index contributed by atoms with van der Waals surface area (Å²) in [5.74, 6) is 1.32. The molecule has 1 aliphatic heterocycles. The van der Waals surface area contributed by atoms with Crippen LogP contribution in [0.15, 0.2) is 4.52 Å². The average Bonchev–Trinajstić information content (AvgIpc) is 3.02. The maximum Gasteiger partial charge on any atom is 0.249 e. The van der Waals surface area contributed by atoms with Crippen molar-refractivity contribution >= 4 is 5.91 Å². The highest BCUT2D eigenvalue weighted by molar-refractivity contribution is 5.77. The lowest BCUT2D eigenvalue weighted by atomic mass is 9.77. The molecule has 0 spiro atoms. The first-order chi connectivity index (χ1) is 10.3. The Morgan fingerprint density at radius 3 is 2.73 bits per heavy atom. The van der Waals surface area contributed by atoms with Gasteiger partial charge in [-0.05, 0) is 37.5 Å². The Balaban J connectivity index is 1.74. The van der Waals surface area contributed by atoms with E-state index < -0.39 is 5.54 Å². The number of carbonyl (C=O) groups excluding carboxylic acids is 1. The molecule has 122 valence electrons. The van der Waals surface area contributed by atoms with Gasteiger partial charge in [0.05, 0.1) is 5.54 Å². The van der Waals surface area contributed by atoms with Gasteiger partial charge in [-0.25, -0.2) is 0 Å². The summed E-state index contributed by atoms with van der Waals surface area (Å²) in [4.78, 5) is 18.9. The second-order valence-corrected chi connectivity index (χ2v) is 7.95. The maximum atomic E-state index is 12.5. The summed E-state index contributed by atoms with van der Waals surface area (Å²) < 4.78 is 5.45. The van der Waals surface area contributed by atoms with E-state index in [0.29, 0.717) is 18.1 Å². The summed E-state index contributed by atoms with van der Waals surface area (Å²) in [6.45, 7) is 7.01. The van der Waals surface area contributed by atoms with Crippen LogP contribution < -0.4 is 5.73 Å². The molecule has 2 aliphatic rings. The monoisotopic (exact) mass is 306 g/mol. The molecular formula is C16H26N4O2. The van der Waals surface area contributed by atoms with Crippen molar-refractivity contribution in [2.24, 2.45) is 11.1 Å². The van der Waals surface area contributed by atoms with Crippen LogP contribution >= 0.6 is 0 Å². The smallest absolute Gasteiger partial charge is 0.249 e. The summed E-state index contributed by atoms with van der Waals surface area (Å²) >= 11 is 0. The number of aromatic nitrogens is 2. The van der Waals surface area contributed by atoms with Crippen LogP contribution in [0.1, 0.15) is 77.1 Å². The lowest BCUT2D eigenvalue weighted by molar-refractivity contribution is -0.134. The SMILES string of the molecule is CC(C)(C)CC(=O)N1CCCC1c1nc(C2(N)CCC2)no1. The number of nitrogens with zero attached hydrogens (tertiary/aromatic N) is 3. The molecule has 0 bridgehead atoms. The number of hydrogen-bond acceptors (Lipinski definition) is 5. The van der Waals surface area contributed by atoms with E-state index in [2.05, 4.69) is 30.9 Å². The first kappa shape index (κ1) is 15.5. The molecule has 1 unspecified atom stereocenters. The summed E-state index contributed by atoms with van der Waals surface area (Å²) in [6, 6.07) is -0.0835. The topological polar surface area (TPSA) is 85.2 Å². The van der Waals surface area contributed by atoms with E-state index in [9.17, 15) is 4.79 Å². The summed E-state index contributed by atoms with van der Waals surface area (Å²) in [6.07, 6.45) is 5.32. The largest absolute Gasteiger partial charge is 0.337 e. The van der Waals surface area contributed by atoms with Gasteiger partial charge in [0.2, 0.25) is 11.8 Å². The van der Waals surface area contributed by atoms with Crippen molar-refractivity contribution in [3.05, 3.63) is 11.7 Å². The van der Waals surface area contributed by atoms with Crippen molar-refractivity contribution in [1.82, 2.24) is 15.0 Å². The first-order valence-corrected chi connectivity index (χ1v) is 8.21. The Bertz CT molecular complexity index is 557. The van der Waals surface area contributed by atoms with Crippen molar-refractivity contribution in [2.75, 3.05) is 6.54 Å². The third-order valence-electron chi connectivity index (χ3n) is 4.67. The third kappa shape index (κ3) is 2.89. The zero-order valence-electron chi connectivity index (χ0n) is 13.8. The molecule has 1 aromatic rings. The van der Waals surface area contributed by atoms with E-state index >= 15 is 0 Å². The Morgan fingerprint density at radius 1 is 1.41 bits per heavy atom. The van der Waals surface area contributed by atoms with Crippen LogP contribution in [0, 0.1) is 5.41 Å². The first-order valence-electron chi connectivity index (χ1n) is 8.21. The number of amides is 1. The van der Waals surface area contributed by atoms with Gasteiger partial charge in [0.15, 0.2) is 5.82 Å². The van der Waals surface area contributed by atoms with Crippen LogP contribution in [0.25, 0.3) is 0 Å². The van der Waals surface area contributed by atoms with Gasteiger partial charge in [0, 0.05) is 13.0 Å². The van der Waals surface area contributed by atoms with Crippen LogP contribution in [0.3, 0.4) is 0 Å². The van der Waals surface area contributed by atoms with Gasteiger partial charge in [-0.15, -0.1) is 0 Å². The Kier molecular flexibility index (Phi) is 3.75. The predicted molar refractivity (Wildman–Crippen MR) is 81.8 cm³/mol. The Hall–Kier alpha value is -1.43. The molecule has 0 radical (unpaired) electrons. The third-order valence-corrected chi connectivity index (χ3v) is 4.67. The van der Waals surface area contributed by atoms with Gasteiger partial charge in [-0.2, -0.15) is 4.98 Å². The maximum absolute atomic E-state index is 12.5. The van der Waals surface area contributed by atoms with Gasteiger partial charge < -0.3 is 15.2 Å². The molecule has 2 N–H and O–H groups in total. The van der Waals surface area contributed by atoms with Gasteiger partial charge >= 0.3 is 0 Å². The molecule has 1 saturated carbocycles. The molecule has 22 heavy (non-hydrogen) atoms. The van der Waals surface area contributed by atoms with E-state index in [1.165, 1.54) is 0 Å². The lowest BCUT2D eigenvalue weighted by Gasteiger charge is -2.34. The van der Waals surface area contributed by atoms with E-state index in [4.69, 9.17) is 10.3 Å². The standard InChI is InChI=1S/C16H26N4O2/c1-15(2,3)10-12(21)20-9-4-6-11(20)13-18-14(19-22-13)16(17)7-5-8-16/h11H,4-10,17H2,1-3H3. The normalized spacial score (nSPS) is 24.4. The Morgan fingerprint density at radius 2 is 2.14 bits per heavy atom. The second-order valence-electron chi connectivity index (χ2n) is 7.95. The highest BCUT2D eigenvalue weighted by Crippen LogP contribution is 2.39. The molecule has 3 rings (SSSR count). The van der Waals surface area contributed by atoms with Crippen LogP contribution in [-0.4, -0.2) is 27.5 Å². The van der Waals surface area contributed by atoms with Crippen molar-refractivity contribution in [2.45, 2.75) is 70.9 Å². The number of rotatable bonds is 3. The molecule has 0 aromatic carbocycles. The fraction of sp³-hybridized carbons (Fsp3) is 0.812. The summed E-state index contributed by atoms with van der Waals surface area (Å²) in [5.41, 5.74) is 5.82. The second kappa shape index (κ2) is 5.33. The number of nitrogens with two attached hydrogens (primary N) is 1. The molecule has 1 aliphatic carbocycles. The quantitative estimate of drug-likeness (QED) is 0.927. The molecular weight excluding hydrogens is 280 g/mol. The van der Waals surface area contributed by atoms with Crippen molar-refractivity contribution in [3.63, 3.8) is 0 Å². The van der Waals surface area contributed by atoms with Gasteiger partial charge in [-0.3, -0.25) is 4.79 Å². The molecule has 6 heteroatoms. The summed E-state index contributed by atoms with van der Waals surface area (Å²) in [7, 11) is 0. The van der Waals surface area contributed by atoms with Crippen LogP contribution in [0.5, 0.6) is 0 Å². The zero-order chi connectivity index (χ0) is 16.0. The molecule has 1 amide bonds. The fourth-order valence-corrected chi connectivity index (χ4v) is 3.23. The lowest BCUT2D eigenvalue weighted by Crippen LogP contribution is -2.44. The minimum absolute atomic E-state index is 0.0164. The molecule has 2 fully saturated rings. The fourth-order valence-electron chi connectivity index (χ4n) is 3.23.